The lowest BCUT2D eigenvalue weighted by Gasteiger charge is -2.48. The zero-order chi connectivity index (χ0) is 11.0. The van der Waals surface area contributed by atoms with Crippen LogP contribution in [0.25, 0.3) is 0 Å². The molecule has 1 rings (SSSR count). The Balaban J connectivity index is 2.71. The van der Waals surface area contributed by atoms with Crippen LogP contribution in [-0.4, -0.2) is 41.8 Å². The molecule has 1 saturated heterocycles. The molecule has 1 unspecified atom stereocenters. The third kappa shape index (κ3) is 2.69. The van der Waals surface area contributed by atoms with E-state index >= 15 is 0 Å². The number of morpholine rings is 1. The Morgan fingerprint density at radius 3 is 2.50 bits per heavy atom. The molecule has 84 valence electrons. The third-order valence-electron chi connectivity index (χ3n) is 2.92. The van der Waals surface area contributed by atoms with Gasteiger partial charge in [0.1, 0.15) is 0 Å². The molecular weight excluding hydrogens is 176 g/mol. The Kier molecular flexibility index (Phi) is 3.24. The lowest BCUT2D eigenvalue weighted by Crippen LogP contribution is -2.60. The van der Waals surface area contributed by atoms with Crippen molar-refractivity contribution in [3.05, 3.63) is 0 Å². The van der Waals surface area contributed by atoms with Crippen LogP contribution in [0.5, 0.6) is 0 Å². The monoisotopic (exact) mass is 200 g/mol. The van der Waals surface area contributed by atoms with E-state index in [9.17, 15) is 0 Å². The van der Waals surface area contributed by atoms with Gasteiger partial charge in [-0.2, -0.15) is 0 Å². The maximum absolute atomic E-state index is 5.86. The molecule has 1 aliphatic heterocycles. The number of hydrogen-bond donors (Lipinski definition) is 1. The first-order valence-corrected chi connectivity index (χ1v) is 5.40. The second-order valence-electron chi connectivity index (χ2n) is 5.59. The molecule has 0 aromatic rings. The zero-order valence-electron chi connectivity index (χ0n) is 10.1. The van der Waals surface area contributed by atoms with Gasteiger partial charge in [0.2, 0.25) is 0 Å². The molecule has 1 atom stereocenters. The van der Waals surface area contributed by atoms with E-state index in [4.69, 9.17) is 10.5 Å². The molecule has 2 N–H and O–H groups in total. The van der Waals surface area contributed by atoms with Crippen LogP contribution in [0.1, 0.15) is 34.6 Å². The minimum Gasteiger partial charge on any atom is -0.370 e. The minimum atomic E-state index is -0.0515. The molecule has 1 heterocycles. The van der Waals surface area contributed by atoms with Crippen LogP contribution < -0.4 is 5.73 Å². The van der Waals surface area contributed by atoms with Crippen molar-refractivity contribution in [1.29, 1.82) is 0 Å². The molecule has 0 spiro atoms. The summed E-state index contributed by atoms with van der Waals surface area (Å²) in [5.74, 6) is 0. The Labute approximate surface area is 87.6 Å². The number of nitrogens with two attached hydrogens (primary N) is 1. The van der Waals surface area contributed by atoms with Crippen LogP contribution >= 0.6 is 0 Å². The molecule has 3 heteroatoms. The van der Waals surface area contributed by atoms with Gasteiger partial charge in [0.05, 0.1) is 11.7 Å². The lowest BCUT2D eigenvalue weighted by atomic mass is 9.96. The maximum atomic E-state index is 5.86. The average Bonchev–Trinajstić information content (AvgIpc) is 2.00. The highest BCUT2D eigenvalue weighted by Crippen LogP contribution is 2.26. The molecule has 0 aliphatic carbocycles. The highest BCUT2D eigenvalue weighted by molar-refractivity contribution is 4.91. The molecule has 3 nitrogen and oxygen atoms in total. The van der Waals surface area contributed by atoms with Gasteiger partial charge < -0.3 is 10.5 Å². The van der Waals surface area contributed by atoms with Crippen LogP contribution in [0.15, 0.2) is 0 Å². The van der Waals surface area contributed by atoms with Gasteiger partial charge in [0, 0.05) is 25.2 Å². The summed E-state index contributed by atoms with van der Waals surface area (Å²) in [7, 11) is 0. The summed E-state index contributed by atoms with van der Waals surface area (Å²) in [6.45, 7) is 13.4. The first kappa shape index (κ1) is 12.0. The van der Waals surface area contributed by atoms with E-state index in [0.29, 0.717) is 12.6 Å². The highest BCUT2D eigenvalue weighted by Gasteiger charge is 2.37. The van der Waals surface area contributed by atoms with Gasteiger partial charge in [-0.3, -0.25) is 4.90 Å². The largest absolute Gasteiger partial charge is 0.370 e. The standard InChI is InChI=1S/C11H24N2O/c1-9-6-13(10(2,3)7-12)8-11(4,5)14-9/h9H,6-8,12H2,1-5H3. The fraction of sp³-hybridized carbons (Fsp3) is 1.00. The highest BCUT2D eigenvalue weighted by atomic mass is 16.5. The molecule has 0 aromatic heterocycles. The molecule has 1 aliphatic rings. The summed E-state index contributed by atoms with van der Waals surface area (Å²) in [5.41, 5.74) is 5.82. The van der Waals surface area contributed by atoms with Crippen LogP contribution in [0.3, 0.4) is 0 Å². The molecule has 0 aromatic carbocycles. The lowest BCUT2D eigenvalue weighted by molar-refractivity contribution is -0.147. The van der Waals surface area contributed by atoms with E-state index in [1.165, 1.54) is 0 Å². The predicted molar refractivity (Wildman–Crippen MR) is 59.3 cm³/mol. The molecule has 1 fully saturated rings. The van der Waals surface area contributed by atoms with Crippen molar-refractivity contribution in [3.8, 4) is 0 Å². The smallest absolute Gasteiger partial charge is 0.0757 e. The van der Waals surface area contributed by atoms with E-state index in [2.05, 4.69) is 39.5 Å². The predicted octanol–water partition coefficient (Wildman–Crippen LogP) is 1.22. The van der Waals surface area contributed by atoms with Crippen molar-refractivity contribution in [1.82, 2.24) is 4.90 Å². The van der Waals surface area contributed by atoms with Crippen molar-refractivity contribution >= 4 is 0 Å². The van der Waals surface area contributed by atoms with Gasteiger partial charge in [-0.1, -0.05) is 0 Å². The molecule has 0 saturated carbocycles. The SMILES string of the molecule is CC1CN(C(C)(C)CN)CC(C)(C)O1. The van der Waals surface area contributed by atoms with Crippen molar-refractivity contribution < 1.29 is 4.74 Å². The van der Waals surface area contributed by atoms with Crippen LogP contribution in [-0.2, 0) is 4.74 Å². The summed E-state index contributed by atoms with van der Waals surface area (Å²) in [5, 5.41) is 0. The Bertz CT molecular complexity index is 201. The normalized spacial score (nSPS) is 29.1. The second-order valence-corrected chi connectivity index (χ2v) is 5.59. The van der Waals surface area contributed by atoms with Gasteiger partial charge >= 0.3 is 0 Å². The van der Waals surface area contributed by atoms with Crippen molar-refractivity contribution in [2.75, 3.05) is 19.6 Å². The van der Waals surface area contributed by atoms with E-state index < -0.39 is 0 Å². The van der Waals surface area contributed by atoms with Gasteiger partial charge in [0.25, 0.3) is 0 Å². The molecule has 0 bridgehead atoms. The first-order chi connectivity index (χ1) is 6.27. The van der Waals surface area contributed by atoms with Crippen molar-refractivity contribution in [2.24, 2.45) is 5.73 Å². The van der Waals surface area contributed by atoms with Crippen LogP contribution in [0, 0.1) is 0 Å². The zero-order valence-corrected chi connectivity index (χ0v) is 10.1. The fourth-order valence-electron chi connectivity index (χ4n) is 2.04. The van der Waals surface area contributed by atoms with E-state index in [-0.39, 0.29) is 11.1 Å². The minimum absolute atomic E-state index is 0.0515. The quantitative estimate of drug-likeness (QED) is 0.728. The first-order valence-electron chi connectivity index (χ1n) is 5.40. The Morgan fingerprint density at radius 2 is 2.07 bits per heavy atom. The summed E-state index contributed by atoms with van der Waals surface area (Å²) < 4.78 is 5.86. The summed E-state index contributed by atoms with van der Waals surface area (Å²) >= 11 is 0. The Hall–Kier alpha value is -0.120. The third-order valence-corrected chi connectivity index (χ3v) is 2.92. The number of rotatable bonds is 2. The van der Waals surface area contributed by atoms with Gasteiger partial charge in [-0.15, -0.1) is 0 Å². The molecule has 0 radical (unpaired) electrons. The number of hydrogen-bond acceptors (Lipinski definition) is 3. The molecule has 14 heavy (non-hydrogen) atoms. The molecule has 0 amide bonds. The van der Waals surface area contributed by atoms with Gasteiger partial charge in [0.15, 0.2) is 0 Å². The van der Waals surface area contributed by atoms with Crippen LogP contribution in [0.4, 0.5) is 0 Å². The summed E-state index contributed by atoms with van der Waals surface area (Å²) in [6, 6.07) is 0. The summed E-state index contributed by atoms with van der Waals surface area (Å²) in [4.78, 5) is 2.43. The fourth-order valence-corrected chi connectivity index (χ4v) is 2.04. The number of nitrogens with zero attached hydrogens (tertiary/aromatic N) is 1. The van der Waals surface area contributed by atoms with E-state index in [1.54, 1.807) is 0 Å². The van der Waals surface area contributed by atoms with Gasteiger partial charge in [-0.25, -0.2) is 0 Å². The van der Waals surface area contributed by atoms with Crippen molar-refractivity contribution in [2.45, 2.75) is 51.9 Å². The summed E-state index contributed by atoms with van der Waals surface area (Å²) in [6.07, 6.45) is 0.296. The second kappa shape index (κ2) is 3.80. The number of ether oxygens (including phenoxy) is 1. The van der Waals surface area contributed by atoms with Crippen molar-refractivity contribution in [3.63, 3.8) is 0 Å². The Morgan fingerprint density at radius 1 is 1.50 bits per heavy atom. The average molecular weight is 200 g/mol. The van der Waals surface area contributed by atoms with E-state index in [0.717, 1.165) is 13.1 Å². The maximum Gasteiger partial charge on any atom is 0.0757 e. The van der Waals surface area contributed by atoms with E-state index in [1.807, 2.05) is 0 Å². The molecular formula is C11H24N2O. The topological polar surface area (TPSA) is 38.5 Å². The van der Waals surface area contributed by atoms with Crippen LogP contribution in [0.2, 0.25) is 0 Å². The van der Waals surface area contributed by atoms with Gasteiger partial charge in [-0.05, 0) is 34.6 Å².